The maximum atomic E-state index is 12.3. The van der Waals surface area contributed by atoms with E-state index in [0.717, 1.165) is 22.6 Å². The van der Waals surface area contributed by atoms with E-state index >= 15 is 0 Å². The average Bonchev–Trinajstić information content (AvgIpc) is 2.94. The molecule has 1 N–H and O–H groups in total. The number of carbonyl (C=O) groups excluding carboxylic acids is 1. The molecule has 2 aromatic heterocycles. The van der Waals surface area contributed by atoms with Crippen molar-refractivity contribution in [2.24, 2.45) is 0 Å². The number of benzene rings is 1. The summed E-state index contributed by atoms with van der Waals surface area (Å²) in [7, 11) is 3.11. The SMILES string of the molecule is COc1ccc(C2CC(=O)NCc3nc4ccccn4c32)c(Cl)c1OC. The quantitative estimate of drug-likeness (QED) is 0.768. The van der Waals surface area contributed by atoms with E-state index in [0.29, 0.717) is 23.1 Å². The Kier molecular flexibility index (Phi) is 4.20. The summed E-state index contributed by atoms with van der Waals surface area (Å²) in [6.45, 7) is 0.400. The molecule has 4 rings (SSSR count). The Balaban J connectivity index is 1.95. The Morgan fingerprint density at radius 2 is 2.08 bits per heavy atom. The molecule has 0 bridgehead atoms. The van der Waals surface area contributed by atoms with E-state index in [2.05, 4.69) is 10.3 Å². The maximum Gasteiger partial charge on any atom is 0.221 e. The number of hydrogen-bond acceptors (Lipinski definition) is 4. The molecule has 0 spiro atoms. The van der Waals surface area contributed by atoms with Crippen LogP contribution in [0, 0.1) is 0 Å². The summed E-state index contributed by atoms with van der Waals surface area (Å²) < 4.78 is 12.8. The van der Waals surface area contributed by atoms with E-state index in [9.17, 15) is 4.79 Å². The van der Waals surface area contributed by atoms with Gasteiger partial charge in [-0.25, -0.2) is 4.98 Å². The van der Waals surface area contributed by atoms with Crippen LogP contribution in [-0.4, -0.2) is 29.5 Å². The lowest BCUT2D eigenvalue weighted by atomic mass is 9.91. The van der Waals surface area contributed by atoms with Gasteiger partial charge in [-0.2, -0.15) is 0 Å². The van der Waals surface area contributed by atoms with Gasteiger partial charge in [0.1, 0.15) is 5.65 Å². The molecule has 26 heavy (non-hydrogen) atoms. The molecule has 7 heteroatoms. The number of hydrogen-bond donors (Lipinski definition) is 1. The summed E-state index contributed by atoms with van der Waals surface area (Å²) in [5.74, 6) is 0.741. The second kappa shape index (κ2) is 6.53. The molecule has 3 aromatic rings. The highest BCUT2D eigenvalue weighted by atomic mass is 35.5. The van der Waals surface area contributed by atoms with Gasteiger partial charge in [-0.15, -0.1) is 0 Å². The fraction of sp³-hybridized carbons (Fsp3) is 0.263. The smallest absolute Gasteiger partial charge is 0.221 e. The van der Waals surface area contributed by atoms with Gasteiger partial charge in [0.25, 0.3) is 0 Å². The van der Waals surface area contributed by atoms with E-state index in [4.69, 9.17) is 21.1 Å². The largest absolute Gasteiger partial charge is 0.493 e. The molecule has 3 heterocycles. The molecule has 1 aromatic carbocycles. The van der Waals surface area contributed by atoms with E-state index in [1.165, 1.54) is 0 Å². The summed E-state index contributed by atoms with van der Waals surface area (Å²) in [6.07, 6.45) is 2.24. The molecule has 0 saturated carbocycles. The van der Waals surface area contributed by atoms with Crippen LogP contribution in [0.3, 0.4) is 0 Å². The van der Waals surface area contributed by atoms with Crippen molar-refractivity contribution >= 4 is 23.2 Å². The van der Waals surface area contributed by atoms with Crippen LogP contribution in [0.25, 0.3) is 5.65 Å². The van der Waals surface area contributed by atoms with Gasteiger partial charge in [-0.3, -0.25) is 4.79 Å². The molecule has 0 saturated heterocycles. The number of aromatic nitrogens is 2. The number of fused-ring (bicyclic) bond motifs is 3. The molecule has 134 valence electrons. The van der Waals surface area contributed by atoms with Crippen molar-refractivity contribution in [1.29, 1.82) is 0 Å². The predicted molar refractivity (Wildman–Crippen MR) is 98.1 cm³/mol. The molecular formula is C19H18ClN3O3. The Labute approximate surface area is 155 Å². The first-order chi connectivity index (χ1) is 12.6. The molecule has 1 aliphatic rings. The second-order valence-electron chi connectivity index (χ2n) is 6.11. The van der Waals surface area contributed by atoms with Crippen LogP contribution >= 0.6 is 11.6 Å². The number of halogens is 1. The Bertz CT molecular complexity index is 999. The lowest BCUT2D eigenvalue weighted by Crippen LogP contribution is -2.21. The van der Waals surface area contributed by atoms with Gasteiger partial charge < -0.3 is 19.2 Å². The average molecular weight is 372 g/mol. The monoisotopic (exact) mass is 371 g/mol. The molecule has 6 nitrogen and oxygen atoms in total. The van der Waals surface area contributed by atoms with Crippen molar-refractivity contribution in [3.8, 4) is 11.5 Å². The highest BCUT2D eigenvalue weighted by Crippen LogP contribution is 2.44. The van der Waals surface area contributed by atoms with E-state index in [1.54, 1.807) is 14.2 Å². The van der Waals surface area contributed by atoms with Crippen LogP contribution in [0.2, 0.25) is 5.02 Å². The van der Waals surface area contributed by atoms with Gasteiger partial charge in [-0.05, 0) is 23.8 Å². The number of imidazole rings is 1. The van der Waals surface area contributed by atoms with E-state index in [-0.39, 0.29) is 18.2 Å². The maximum absolute atomic E-state index is 12.3. The fourth-order valence-corrected chi connectivity index (χ4v) is 3.89. The number of nitrogens with zero attached hydrogens (tertiary/aromatic N) is 2. The van der Waals surface area contributed by atoms with Crippen molar-refractivity contribution in [2.75, 3.05) is 14.2 Å². The molecule has 0 fully saturated rings. The summed E-state index contributed by atoms with van der Waals surface area (Å²) in [4.78, 5) is 17.0. The van der Waals surface area contributed by atoms with E-state index in [1.807, 2.05) is 40.9 Å². The number of amides is 1. The molecule has 1 unspecified atom stereocenters. The van der Waals surface area contributed by atoms with E-state index < -0.39 is 0 Å². The highest BCUT2D eigenvalue weighted by molar-refractivity contribution is 6.33. The van der Waals surface area contributed by atoms with Crippen LogP contribution < -0.4 is 14.8 Å². The van der Waals surface area contributed by atoms with Gasteiger partial charge in [0.05, 0.1) is 37.2 Å². The van der Waals surface area contributed by atoms with Gasteiger partial charge in [-0.1, -0.05) is 23.7 Å². The van der Waals surface area contributed by atoms with Crippen LogP contribution in [0.4, 0.5) is 0 Å². The molecule has 1 amide bonds. The third kappa shape index (κ3) is 2.57. The van der Waals surface area contributed by atoms with Gasteiger partial charge in [0.2, 0.25) is 5.91 Å². The minimum Gasteiger partial charge on any atom is -0.493 e. The number of methoxy groups -OCH3 is 2. The van der Waals surface area contributed by atoms with Gasteiger partial charge in [0.15, 0.2) is 11.5 Å². The number of rotatable bonds is 3. The molecule has 0 aliphatic carbocycles. The zero-order chi connectivity index (χ0) is 18.3. The Morgan fingerprint density at radius 3 is 2.85 bits per heavy atom. The fourth-order valence-electron chi connectivity index (χ4n) is 3.53. The van der Waals surface area contributed by atoms with Crippen molar-refractivity contribution in [3.63, 3.8) is 0 Å². The number of nitrogens with one attached hydrogen (secondary N) is 1. The lowest BCUT2D eigenvalue weighted by Gasteiger charge is -2.20. The number of pyridine rings is 1. The van der Waals surface area contributed by atoms with Crippen molar-refractivity contribution in [3.05, 3.63) is 58.5 Å². The zero-order valence-corrected chi connectivity index (χ0v) is 15.2. The minimum atomic E-state index is -0.239. The Hall–Kier alpha value is -2.73. The summed E-state index contributed by atoms with van der Waals surface area (Å²) in [6, 6.07) is 9.54. The van der Waals surface area contributed by atoms with Crippen LogP contribution in [0.15, 0.2) is 36.5 Å². The molecule has 1 atom stereocenters. The molecule has 1 aliphatic heterocycles. The van der Waals surface area contributed by atoms with Crippen LogP contribution in [0.1, 0.15) is 29.3 Å². The molecular weight excluding hydrogens is 354 g/mol. The van der Waals surface area contributed by atoms with Crippen molar-refractivity contribution in [1.82, 2.24) is 14.7 Å². The Morgan fingerprint density at radius 1 is 1.23 bits per heavy atom. The van der Waals surface area contributed by atoms with Crippen LogP contribution in [0.5, 0.6) is 11.5 Å². The summed E-state index contributed by atoms with van der Waals surface area (Å²) in [5.41, 5.74) is 3.47. The minimum absolute atomic E-state index is 0.0384. The summed E-state index contributed by atoms with van der Waals surface area (Å²) >= 11 is 6.65. The number of ether oxygens (including phenoxy) is 2. The van der Waals surface area contributed by atoms with Gasteiger partial charge in [0, 0.05) is 18.5 Å². The van der Waals surface area contributed by atoms with Crippen molar-refractivity contribution < 1.29 is 14.3 Å². The first-order valence-electron chi connectivity index (χ1n) is 8.27. The zero-order valence-electron chi connectivity index (χ0n) is 14.5. The third-order valence-electron chi connectivity index (χ3n) is 4.71. The standard InChI is InChI=1S/C19H18ClN3O3/c1-25-14-7-6-11(17(20)19(14)26-2)12-9-16(24)21-10-13-18(12)23-8-4-3-5-15(23)22-13/h3-8,12H,9-10H2,1-2H3,(H,21,24). The molecule has 0 radical (unpaired) electrons. The number of carbonyl (C=O) groups is 1. The second-order valence-corrected chi connectivity index (χ2v) is 6.49. The van der Waals surface area contributed by atoms with Crippen molar-refractivity contribution in [2.45, 2.75) is 18.9 Å². The summed E-state index contributed by atoms with van der Waals surface area (Å²) in [5, 5.41) is 3.37. The lowest BCUT2D eigenvalue weighted by molar-refractivity contribution is -0.121. The normalized spacial score (nSPS) is 16.7. The first-order valence-corrected chi connectivity index (χ1v) is 8.64. The third-order valence-corrected chi connectivity index (χ3v) is 5.10. The van der Waals surface area contributed by atoms with Gasteiger partial charge >= 0.3 is 0 Å². The highest BCUT2D eigenvalue weighted by Gasteiger charge is 2.31. The predicted octanol–water partition coefficient (Wildman–Crippen LogP) is 3.16. The first kappa shape index (κ1) is 16.7. The van der Waals surface area contributed by atoms with Crippen LogP contribution in [-0.2, 0) is 11.3 Å². The topological polar surface area (TPSA) is 64.9 Å².